The van der Waals surface area contributed by atoms with Crippen molar-refractivity contribution in [2.24, 2.45) is 7.05 Å². The third-order valence-electron chi connectivity index (χ3n) is 2.95. The monoisotopic (exact) mass is 261 g/mol. The highest BCUT2D eigenvalue weighted by Gasteiger charge is 2.11. The van der Waals surface area contributed by atoms with Crippen LogP contribution in [-0.2, 0) is 20.1 Å². The molecule has 5 nitrogen and oxygen atoms in total. The average Bonchev–Trinajstić information content (AvgIpc) is 2.82. The van der Waals surface area contributed by atoms with Gasteiger partial charge in [-0.1, -0.05) is 0 Å². The van der Waals surface area contributed by atoms with Crippen molar-refractivity contribution in [1.82, 2.24) is 24.9 Å². The zero-order valence-corrected chi connectivity index (χ0v) is 12.4. The van der Waals surface area contributed by atoms with Gasteiger partial charge in [0.2, 0.25) is 0 Å². The van der Waals surface area contributed by atoms with Gasteiger partial charge in [0.05, 0.1) is 17.9 Å². The summed E-state index contributed by atoms with van der Waals surface area (Å²) < 4.78 is 3.77. The van der Waals surface area contributed by atoms with Crippen LogP contribution >= 0.6 is 0 Å². The molecule has 2 heterocycles. The van der Waals surface area contributed by atoms with Crippen molar-refractivity contribution >= 4 is 0 Å². The van der Waals surface area contributed by atoms with E-state index < -0.39 is 0 Å². The first kappa shape index (κ1) is 13.8. The Morgan fingerprint density at radius 1 is 1.26 bits per heavy atom. The minimum atomic E-state index is 0.121. The second kappa shape index (κ2) is 5.17. The van der Waals surface area contributed by atoms with Crippen molar-refractivity contribution in [2.75, 3.05) is 0 Å². The van der Waals surface area contributed by atoms with Crippen molar-refractivity contribution < 1.29 is 0 Å². The Balaban J connectivity index is 2.04. The molecule has 0 saturated heterocycles. The zero-order valence-electron chi connectivity index (χ0n) is 12.4. The number of aromatic nitrogens is 4. The molecule has 0 aliphatic carbocycles. The molecule has 0 fully saturated rings. The fraction of sp³-hybridized carbons (Fsp3) is 0.571. The van der Waals surface area contributed by atoms with E-state index in [1.54, 1.807) is 0 Å². The van der Waals surface area contributed by atoms with Crippen LogP contribution in [0.25, 0.3) is 0 Å². The topological polar surface area (TPSA) is 47.7 Å². The van der Waals surface area contributed by atoms with Crippen LogP contribution in [-0.4, -0.2) is 25.1 Å². The zero-order chi connectivity index (χ0) is 14.0. The first-order valence-corrected chi connectivity index (χ1v) is 6.60. The highest BCUT2D eigenvalue weighted by atomic mass is 15.3. The number of aryl methyl sites for hydroxylation is 2. The molecule has 0 aromatic carbocycles. The van der Waals surface area contributed by atoms with Crippen LogP contribution in [0.5, 0.6) is 0 Å². The Labute approximate surface area is 114 Å². The normalized spacial score (nSPS) is 12.1. The molecule has 2 aromatic rings. The van der Waals surface area contributed by atoms with Gasteiger partial charge in [0.15, 0.2) is 0 Å². The molecule has 19 heavy (non-hydrogen) atoms. The molecule has 0 radical (unpaired) electrons. The molecular weight excluding hydrogens is 238 g/mol. The predicted octanol–water partition coefficient (Wildman–Crippen LogP) is 1.86. The van der Waals surface area contributed by atoms with Gasteiger partial charge in [0.25, 0.3) is 0 Å². The summed E-state index contributed by atoms with van der Waals surface area (Å²) in [4.78, 5) is 0. The lowest BCUT2D eigenvalue weighted by atomic mass is 10.1. The number of rotatable bonds is 4. The minimum Gasteiger partial charge on any atom is -0.308 e. The summed E-state index contributed by atoms with van der Waals surface area (Å²) in [5, 5.41) is 12.4. The Kier molecular flexibility index (Phi) is 3.75. The number of nitrogens with zero attached hydrogens (tertiary/aromatic N) is 4. The lowest BCUT2D eigenvalue weighted by molar-refractivity contribution is 0.423. The van der Waals surface area contributed by atoms with Gasteiger partial charge in [-0.05, 0) is 33.8 Å². The molecule has 0 aliphatic rings. The molecular formula is C14H23N5. The maximum absolute atomic E-state index is 4.54. The van der Waals surface area contributed by atoms with Gasteiger partial charge in [-0.25, -0.2) is 0 Å². The average molecular weight is 261 g/mol. The van der Waals surface area contributed by atoms with Crippen LogP contribution < -0.4 is 5.32 Å². The maximum atomic E-state index is 4.54. The Hall–Kier alpha value is -1.62. The van der Waals surface area contributed by atoms with Crippen molar-refractivity contribution in [3.8, 4) is 0 Å². The Morgan fingerprint density at radius 2 is 2.00 bits per heavy atom. The highest BCUT2D eigenvalue weighted by molar-refractivity contribution is 5.16. The molecule has 0 amide bonds. The van der Waals surface area contributed by atoms with Gasteiger partial charge >= 0.3 is 0 Å². The van der Waals surface area contributed by atoms with Crippen molar-refractivity contribution in [1.29, 1.82) is 0 Å². The summed E-state index contributed by atoms with van der Waals surface area (Å²) in [5.41, 5.74) is 3.47. The Morgan fingerprint density at radius 3 is 2.58 bits per heavy atom. The molecule has 2 rings (SSSR count). The summed E-state index contributed by atoms with van der Waals surface area (Å²) in [6.07, 6.45) is 4.05. The van der Waals surface area contributed by atoms with Gasteiger partial charge in [0, 0.05) is 37.1 Å². The molecule has 2 aromatic heterocycles. The van der Waals surface area contributed by atoms with Gasteiger partial charge in [0.1, 0.15) is 0 Å². The van der Waals surface area contributed by atoms with Crippen molar-refractivity contribution in [3.63, 3.8) is 0 Å². The smallest absolute Gasteiger partial charge is 0.0850 e. The number of nitrogens with one attached hydrogen (secondary N) is 1. The lowest BCUT2D eigenvalue weighted by Gasteiger charge is -2.20. The van der Waals surface area contributed by atoms with Crippen LogP contribution in [0, 0.1) is 6.92 Å². The molecule has 0 spiro atoms. The van der Waals surface area contributed by atoms with Crippen LogP contribution in [0.3, 0.4) is 0 Å². The quantitative estimate of drug-likeness (QED) is 0.914. The molecule has 0 atom stereocenters. The second-order valence-corrected chi connectivity index (χ2v) is 6.02. The van der Waals surface area contributed by atoms with E-state index in [4.69, 9.17) is 0 Å². The molecule has 0 aliphatic heterocycles. The van der Waals surface area contributed by atoms with E-state index in [9.17, 15) is 0 Å². The van der Waals surface area contributed by atoms with Crippen LogP contribution in [0.15, 0.2) is 18.5 Å². The van der Waals surface area contributed by atoms with E-state index in [0.29, 0.717) is 0 Å². The number of hydrogen-bond donors (Lipinski definition) is 1. The molecule has 1 N–H and O–H groups in total. The van der Waals surface area contributed by atoms with Gasteiger partial charge in [-0.2, -0.15) is 10.2 Å². The summed E-state index contributed by atoms with van der Waals surface area (Å²) >= 11 is 0. The van der Waals surface area contributed by atoms with E-state index >= 15 is 0 Å². The molecule has 0 bridgehead atoms. The van der Waals surface area contributed by atoms with E-state index in [-0.39, 0.29) is 5.54 Å². The second-order valence-electron chi connectivity index (χ2n) is 6.02. The first-order valence-electron chi connectivity index (χ1n) is 6.60. The molecule has 5 heteroatoms. The van der Waals surface area contributed by atoms with Gasteiger partial charge < -0.3 is 5.32 Å². The SMILES string of the molecule is Cc1nn(Cc2ccn(C)n2)cc1CNC(C)(C)C. The Bertz CT molecular complexity index is 544. The lowest BCUT2D eigenvalue weighted by Crippen LogP contribution is -2.35. The van der Waals surface area contributed by atoms with Crippen LogP contribution in [0.4, 0.5) is 0 Å². The van der Waals surface area contributed by atoms with Crippen LogP contribution in [0.2, 0.25) is 0 Å². The first-order chi connectivity index (χ1) is 8.83. The fourth-order valence-corrected chi connectivity index (χ4v) is 1.89. The van der Waals surface area contributed by atoms with E-state index in [1.165, 1.54) is 5.56 Å². The standard InChI is InChI=1S/C14H23N5/c1-11-12(8-15-14(2,3)4)9-19(16-11)10-13-6-7-18(5)17-13/h6-7,9,15H,8,10H2,1-5H3. The third kappa shape index (κ3) is 3.92. The number of hydrogen-bond acceptors (Lipinski definition) is 3. The predicted molar refractivity (Wildman–Crippen MR) is 75.9 cm³/mol. The van der Waals surface area contributed by atoms with Gasteiger partial charge in [-0.3, -0.25) is 9.36 Å². The van der Waals surface area contributed by atoms with Crippen molar-refractivity contribution in [3.05, 3.63) is 35.4 Å². The van der Waals surface area contributed by atoms with Crippen LogP contribution in [0.1, 0.15) is 37.7 Å². The molecule has 104 valence electrons. The fourth-order valence-electron chi connectivity index (χ4n) is 1.89. The van der Waals surface area contributed by atoms with Crippen molar-refractivity contribution in [2.45, 2.75) is 46.3 Å². The molecule has 0 unspecified atom stereocenters. The summed E-state index contributed by atoms with van der Waals surface area (Å²) in [7, 11) is 1.93. The largest absolute Gasteiger partial charge is 0.308 e. The minimum absolute atomic E-state index is 0.121. The maximum Gasteiger partial charge on any atom is 0.0850 e. The molecule has 0 saturated carbocycles. The van der Waals surface area contributed by atoms with E-state index in [0.717, 1.165) is 24.5 Å². The highest BCUT2D eigenvalue weighted by Crippen LogP contribution is 2.09. The van der Waals surface area contributed by atoms with E-state index in [2.05, 4.69) is 49.4 Å². The summed E-state index contributed by atoms with van der Waals surface area (Å²) in [5.74, 6) is 0. The summed E-state index contributed by atoms with van der Waals surface area (Å²) in [6.45, 7) is 10.1. The van der Waals surface area contributed by atoms with E-state index in [1.807, 2.05) is 28.7 Å². The van der Waals surface area contributed by atoms with Gasteiger partial charge in [-0.15, -0.1) is 0 Å². The summed E-state index contributed by atoms with van der Waals surface area (Å²) in [6, 6.07) is 2.02. The third-order valence-corrected chi connectivity index (χ3v) is 2.95.